The lowest BCUT2D eigenvalue weighted by Crippen LogP contribution is -2.28. The predicted octanol–water partition coefficient (Wildman–Crippen LogP) is 15.5. The van der Waals surface area contributed by atoms with Crippen molar-refractivity contribution in [1.29, 1.82) is 0 Å². The molecule has 1 aliphatic rings. The zero-order valence-corrected chi connectivity index (χ0v) is 34.6. The molecule has 0 saturated heterocycles. The molecule has 0 spiro atoms. The van der Waals surface area contributed by atoms with Crippen LogP contribution in [0.5, 0.6) is 0 Å². The van der Waals surface area contributed by atoms with Crippen LogP contribution in [-0.2, 0) is 5.41 Å². The number of aromatic nitrogens is 2. The summed E-state index contributed by atoms with van der Waals surface area (Å²) in [5, 5.41) is 2.56. The fourth-order valence-electron chi connectivity index (χ4n) is 9.76. The van der Waals surface area contributed by atoms with Crippen LogP contribution in [0.15, 0.2) is 231 Å². The molecule has 0 N–H and O–H groups in total. The SMILES string of the molecule is c1ccc(-c2ccc(-c3ccc4sc5ccccc5c4c3)c(-c3cc(-c4ccc5c(c4)C(c4ccccc4)(c4ccccc4)c4ccccc4-5)nc(-c4ccccc4)n3)c2)cc1. The Kier molecular flexibility index (Phi) is 8.62. The first-order chi connectivity index (χ1) is 30.7. The Hall–Kier alpha value is -7.72. The number of nitrogens with zero attached hydrogens (tertiary/aromatic N) is 2. The third kappa shape index (κ3) is 5.85. The zero-order valence-electron chi connectivity index (χ0n) is 33.7. The lowest BCUT2D eigenvalue weighted by molar-refractivity contribution is 0.768. The predicted molar refractivity (Wildman–Crippen MR) is 259 cm³/mol. The molecule has 11 aromatic rings. The molecule has 1 aliphatic carbocycles. The Morgan fingerprint density at radius 3 is 1.63 bits per heavy atom. The first kappa shape index (κ1) is 36.2. The molecule has 290 valence electrons. The van der Waals surface area contributed by atoms with Crippen LogP contribution < -0.4 is 0 Å². The van der Waals surface area contributed by atoms with Gasteiger partial charge in [-0.1, -0.05) is 194 Å². The van der Waals surface area contributed by atoms with Crippen molar-refractivity contribution in [2.75, 3.05) is 0 Å². The van der Waals surface area contributed by atoms with E-state index in [4.69, 9.17) is 9.97 Å². The maximum atomic E-state index is 5.44. The largest absolute Gasteiger partial charge is 0.228 e. The van der Waals surface area contributed by atoms with Crippen molar-refractivity contribution in [2.45, 2.75) is 5.41 Å². The number of benzene rings is 9. The molecular formula is C59H38N2S. The van der Waals surface area contributed by atoms with Crippen molar-refractivity contribution in [3.05, 3.63) is 253 Å². The van der Waals surface area contributed by atoms with E-state index in [1.807, 2.05) is 17.4 Å². The van der Waals surface area contributed by atoms with Gasteiger partial charge in [-0.25, -0.2) is 9.97 Å². The normalized spacial score (nSPS) is 12.6. The maximum absolute atomic E-state index is 5.44. The van der Waals surface area contributed by atoms with Gasteiger partial charge in [0, 0.05) is 36.9 Å². The molecule has 2 aromatic heterocycles. The zero-order chi connectivity index (χ0) is 41.0. The summed E-state index contributed by atoms with van der Waals surface area (Å²) in [7, 11) is 0. The second kappa shape index (κ2) is 14.8. The van der Waals surface area contributed by atoms with Crippen LogP contribution in [0.25, 0.3) is 87.5 Å². The summed E-state index contributed by atoms with van der Waals surface area (Å²) in [5.74, 6) is 0.689. The van der Waals surface area contributed by atoms with E-state index in [0.717, 1.165) is 50.3 Å². The first-order valence-electron chi connectivity index (χ1n) is 21.1. The van der Waals surface area contributed by atoms with Gasteiger partial charge >= 0.3 is 0 Å². The number of rotatable bonds is 7. The average molecular weight is 807 g/mol. The fraction of sp³-hybridized carbons (Fsp3) is 0.0169. The first-order valence-corrected chi connectivity index (χ1v) is 22.0. The van der Waals surface area contributed by atoms with Crippen LogP contribution in [0.1, 0.15) is 22.3 Å². The van der Waals surface area contributed by atoms with Crippen molar-refractivity contribution < 1.29 is 0 Å². The molecule has 0 amide bonds. The Labute approximate surface area is 365 Å². The molecule has 0 aliphatic heterocycles. The van der Waals surface area contributed by atoms with E-state index in [-0.39, 0.29) is 0 Å². The van der Waals surface area contributed by atoms with Crippen LogP contribution in [0.3, 0.4) is 0 Å². The van der Waals surface area contributed by atoms with E-state index in [1.165, 1.54) is 53.6 Å². The highest BCUT2D eigenvalue weighted by molar-refractivity contribution is 7.25. The summed E-state index contributed by atoms with van der Waals surface area (Å²) in [6.07, 6.45) is 0. The molecule has 2 nitrogen and oxygen atoms in total. The van der Waals surface area contributed by atoms with Crippen molar-refractivity contribution in [3.63, 3.8) is 0 Å². The summed E-state index contributed by atoms with van der Waals surface area (Å²) >= 11 is 1.85. The van der Waals surface area contributed by atoms with Crippen molar-refractivity contribution >= 4 is 31.5 Å². The van der Waals surface area contributed by atoms with Gasteiger partial charge in [0.2, 0.25) is 0 Å². The topological polar surface area (TPSA) is 25.8 Å². The lowest BCUT2D eigenvalue weighted by atomic mass is 9.67. The molecule has 0 saturated carbocycles. The highest BCUT2D eigenvalue weighted by Crippen LogP contribution is 2.56. The minimum absolute atomic E-state index is 0.524. The molecule has 9 aromatic carbocycles. The minimum atomic E-state index is -0.524. The maximum Gasteiger partial charge on any atom is 0.160 e. The van der Waals surface area contributed by atoms with Gasteiger partial charge in [-0.3, -0.25) is 0 Å². The number of hydrogen-bond acceptors (Lipinski definition) is 3. The van der Waals surface area contributed by atoms with Crippen LogP contribution in [-0.4, -0.2) is 9.97 Å². The molecular weight excluding hydrogens is 769 g/mol. The molecule has 2 heterocycles. The highest BCUT2D eigenvalue weighted by Gasteiger charge is 2.46. The van der Waals surface area contributed by atoms with E-state index in [9.17, 15) is 0 Å². The number of fused-ring (bicyclic) bond motifs is 6. The lowest BCUT2D eigenvalue weighted by Gasteiger charge is -2.34. The van der Waals surface area contributed by atoms with Gasteiger partial charge in [0.1, 0.15) is 0 Å². The Morgan fingerprint density at radius 2 is 0.871 bits per heavy atom. The Morgan fingerprint density at radius 1 is 0.306 bits per heavy atom. The van der Waals surface area contributed by atoms with Gasteiger partial charge in [-0.15, -0.1) is 11.3 Å². The van der Waals surface area contributed by atoms with Gasteiger partial charge in [0.25, 0.3) is 0 Å². The highest BCUT2D eigenvalue weighted by atomic mass is 32.1. The monoisotopic (exact) mass is 806 g/mol. The van der Waals surface area contributed by atoms with Crippen molar-refractivity contribution in [1.82, 2.24) is 9.97 Å². The molecule has 0 unspecified atom stereocenters. The molecule has 0 fully saturated rings. The Balaban J connectivity index is 1.11. The molecule has 12 rings (SSSR count). The molecule has 0 atom stereocenters. The smallest absolute Gasteiger partial charge is 0.160 e. The fourth-order valence-corrected chi connectivity index (χ4v) is 10.9. The molecule has 0 radical (unpaired) electrons. The third-order valence-electron chi connectivity index (χ3n) is 12.6. The van der Waals surface area contributed by atoms with Crippen LogP contribution in [0, 0.1) is 0 Å². The summed E-state index contributed by atoms with van der Waals surface area (Å²) in [6.45, 7) is 0. The third-order valence-corrected chi connectivity index (χ3v) is 13.8. The number of hydrogen-bond donors (Lipinski definition) is 0. The van der Waals surface area contributed by atoms with Crippen LogP contribution in [0.2, 0.25) is 0 Å². The van der Waals surface area contributed by atoms with Gasteiger partial charge in [0.15, 0.2) is 5.82 Å². The summed E-state index contributed by atoms with van der Waals surface area (Å²) < 4.78 is 2.59. The summed E-state index contributed by atoms with van der Waals surface area (Å²) in [5.41, 5.74) is 16.4. The minimum Gasteiger partial charge on any atom is -0.228 e. The standard InChI is InChI=1S/C59H38N2S/c1-5-17-39(18-6-1)41-29-32-46(42-31-34-57-51(36-42)49-26-14-16-28-56(49)62-57)50(35-41)55-38-54(60-58(61-55)40-19-7-2-8-20-40)43-30-33-48-47-25-13-15-27-52(47)59(53(48)37-43,44-21-9-3-10-22-44)45-23-11-4-12-24-45/h1-38H. The van der Waals surface area contributed by atoms with E-state index >= 15 is 0 Å². The molecule has 0 bridgehead atoms. The number of thiophene rings is 1. The van der Waals surface area contributed by atoms with Gasteiger partial charge in [0.05, 0.1) is 16.8 Å². The molecule has 3 heteroatoms. The van der Waals surface area contributed by atoms with E-state index in [2.05, 4.69) is 224 Å². The second-order valence-corrected chi connectivity index (χ2v) is 17.1. The average Bonchev–Trinajstić information content (AvgIpc) is 3.88. The quantitative estimate of drug-likeness (QED) is 0.160. The van der Waals surface area contributed by atoms with Crippen LogP contribution >= 0.6 is 11.3 Å². The van der Waals surface area contributed by atoms with Crippen molar-refractivity contribution in [2.24, 2.45) is 0 Å². The van der Waals surface area contributed by atoms with Gasteiger partial charge < -0.3 is 0 Å². The summed E-state index contributed by atoms with van der Waals surface area (Å²) in [4.78, 5) is 10.9. The van der Waals surface area contributed by atoms with Crippen LogP contribution in [0.4, 0.5) is 0 Å². The van der Waals surface area contributed by atoms with E-state index in [1.54, 1.807) is 0 Å². The summed E-state index contributed by atoms with van der Waals surface area (Å²) in [6, 6.07) is 83.5. The van der Waals surface area contributed by atoms with Gasteiger partial charge in [-0.05, 0) is 92.0 Å². The molecule has 62 heavy (non-hydrogen) atoms. The second-order valence-electron chi connectivity index (χ2n) is 16.1. The van der Waals surface area contributed by atoms with Crippen molar-refractivity contribution in [3.8, 4) is 67.3 Å². The van der Waals surface area contributed by atoms with E-state index in [0.29, 0.717) is 5.82 Å². The Bertz CT molecular complexity index is 3410. The van der Waals surface area contributed by atoms with E-state index < -0.39 is 5.41 Å². The van der Waals surface area contributed by atoms with Gasteiger partial charge in [-0.2, -0.15) is 0 Å².